The summed E-state index contributed by atoms with van der Waals surface area (Å²) in [6.45, 7) is 9.99. The van der Waals surface area contributed by atoms with E-state index < -0.39 is 11.5 Å². The van der Waals surface area contributed by atoms with Crippen LogP contribution in [-0.4, -0.2) is 88.8 Å². The van der Waals surface area contributed by atoms with Crippen molar-refractivity contribution in [2.45, 2.75) is 77.9 Å². The minimum Gasteiger partial charge on any atom is -0.396 e. The Morgan fingerprint density at radius 2 is 1.95 bits per heavy atom. The number of thiazole rings is 1. The number of nitrogens with one attached hydrogen (secondary N) is 2. The number of carbonyl (C=O) groups excluding carboxylic acids is 2. The second kappa shape index (κ2) is 11.8. The quantitative estimate of drug-likeness (QED) is 0.333. The molecule has 0 bridgehead atoms. The molecule has 4 rings (SSSR count). The minimum atomic E-state index is -0.716. The maximum atomic E-state index is 13.3. The first kappa shape index (κ1) is 29.2. The summed E-state index contributed by atoms with van der Waals surface area (Å²) in [5.74, 6) is -0.136. The van der Waals surface area contributed by atoms with E-state index in [2.05, 4.69) is 31.4 Å². The predicted octanol–water partition coefficient (Wildman–Crippen LogP) is 2.34. The third-order valence-corrected chi connectivity index (χ3v) is 10.1. The molecule has 1 aromatic rings. The van der Waals surface area contributed by atoms with Gasteiger partial charge in [0.15, 0.2) is 5.13 Å². The van der Waals surface area contributed by atoms with Crippen LogP contribution < -0.4 is 10.6 Å². The van der Waals surface area contributed by atoms with E-state index in [-0.39, 0.29) is 54.9 Å². The van der Waals surface area contributed by atoms with Gasteiger partial charge in [0.05, 0.1) is 44.3 Å². The van der Waals surface area contributed by atoms with Gasteiger partial charge in [0.1, 0.15) is 0 Å². The van der Waals surface area contributed by atoms with Crippen LogP contribution in [0.4, 0.5) is 9.93 Å². The van der Waals surface area contributed by atoms with Gasteiger partial charge < -0.3 is 30.3 Å². The number of aliphatic hydroxyl groups excluding tert-OH is 3. The Hall–Kier alpha value is -1.79. The summed E-state index contributed by atoms with van der Waals surface area (Å²) in [5, 5.41) is 37.7. The lowest BCUT2D eigenvalue weighted by molar-refractivity contribution is -0.144. The smallest absolute Gasteiger partial charge is 0.323 e. The van der Waals surface area contributed by atoms with Crippen LogP contribution in [0.5, 0.6) is 0 Å². The molecule has 214 valence electrons. The maximum absolute atomic E-state index is 13.3. The Morgan fingerprint density at radius 1 is 1.24 bits per heavy atom. The Morgan fingerprint density at radius 3 is 2.58 bits per heavy atom. The molecule has 1 aromatic heterocycles. The molecular weight excluding hydrogens is 508 g/mol. The summed E-state index contributed by atoms with van der Waals surface area (Å²) < 4.78 is 5.35. The second-order valence-electron chi connectivity index (χ2n) is 12.2. The van der Waals surface area contributed by atoms with Gasteiger partial charge in [0.2, 0.25) is 5.91 Å². The molecule has 0 aromatic carbocycles. The first-order valence-electron chi connectivity index (χ1n) is 13.8. The number of nitrogens with zero attached hydrogens (tertiary/aromatic N) is 2. The minimum absolute atomic E-state index is 0.0680. The summed E-state index contributed by atoms with van der Waals surface area (Å²) in [6, 6.07) is -0.531. The molecule has 6 atom stereocenters. The topological polar surface area (TPSA) is 144 Å². The van der Waals surface area contributed by atoms with Crippen LogP contribution >= 0.6 is 11.3 Å². The SMILES string of the molecule is CC(C)CC(CO)NC(=O)CC1c2nc(NC(=O)N3CCOCC3)sc2CC2C(C)(CO)C(O)CCC12C. The molecule has 10 nitrogen and oxygen atoms in total. The number of urea groups is 1. The van der Waals surface area contributed by atoms with Crippen LogP contribution in [0.25, 0.3) is 0 Å². The molecule has 1 aliphatic heterocycles. The van der Waals surface area contributed by atoms with Crippen LogP contribution in [-0.2, 0) is 16.0 Å². The molecule has 2 heterocycles. The van der Waals surface area contributed by atoms with E-state index >= 15 is 0 Å². The van der Waals surface area contributed by atoms with Crippen molar-refractivity contribution < 1.29 is 29.6 Å². The van der Waals surface area contributed by atoms with E-state index in [1.165, 1.54) is 11.3 Å². The lowest BCUT2D eigenvalue weighted by Crippen LogP contribution is -2.58. The van der Waals surface area contributed by atoms with Gasteiger partial charge in [-0.05, 0) is 42.9 Å². The molecule has 6 unspecified atom stereocenters. The molecule has 3 aliphatic rings. The number of morpholine rings is 1. The number of anilines is 1. The third kappa shape index (κ3) is 5.72. The van der Waals surface area contributed by atoms with E-state index in [9.17, 15) is 24.9 Å². The van der Waals surface area contributed by atoms with Gasteiger partial charge >= 0.3 is 6.03 Å². The van der Waals surface area contributed by atoms with Crippen molar-refractivity contribution in [3.05, 3.63) is 10.6 Å². The first-order valence-corrected chi connectivity index (χ1v) is 14.7. The summed E-state index contributed by atoms with van der Waals surface area (Å²) in [4.78, 5) is 33.8. The summed E-state index contributed by atoms with van der Waals surface area (Å²) in [7, 11) is 0. The Kier molecular flexibility index (Phi) is 9.03. The van der Waals surface area contributed by atoms with Crippen molar-refractivity contribution in [2.75, 3.05) is 44.8 Å². The Bertz CT molecular complexity index is 998. The fourth-order valence-corrected chi connectivity index (χ4v) is 7.91. The second-order valence-corrected chi connectivity index (χ2v) is 13.3. The molecule has 0 spiro atoms. The van der Waals surface area contributed by atoms with Gasteiger partial charge in [-0.1, -0.05) is 27.7 Å². The zero-order valence-corrected chi connectivity index (χ0v) is 23.9. The molecule has 2 aliphatic carbocycles. The van der Waals surface area contributed by atoms with Gasteiger partial charge in [0, 0.05) is 35.7 Å². The highest BCUT2D eigenvalue weighted by atomic mass is 32.1. The molecule has 1 saturated heterocycles. The normalized spacial score (nSPS) is 31.9. The van der Waals surface area contributed by atoms with Gasteiger partial charge in [-0.15, -0.1) is 11.3 Å². The van der Waals surface area contributed by atoms with Crippen LogP contribution in [0.2, 0.25) is 0 Å². The van der Waals surface area contributed by atoms with Gasteiger partial charge in [-0.2, -0.15) is 0 Å². The van der Waals surface area contributed by atoms with E-state index in [0.29, 0.717) is 63.0 Å². The van der Waals surface area contributed by atoms with Crippen LogP contribution in [0.15, 0.2) is 0 Å². The predicted molar refractivity (Wildman–Crippen MR) is 145 cm³/mol. The van der Waals surface area contributed by atoms with Gasteiger partial charge in [-0.3, -0.25) is 10.1 Å². The van der Waals surface area contributed by atoms with Gasteiger partial charge in [-0.25, -0.2) is 9.78 Å². The van der Waals surface area contributed by atoms with Crippen molar-refractivity contribution >= 4 is 28.4 Å². The number of aliphatic hydroxyl groups is 3. The zero-order valence-electron chi connectivity index (χ0n) is 23.0. The molecule has 5 N–H and O–H groups in total. The lowest BCUT2D eigenvalue weighted by Gasteiger charge is -2.58. The molecule has 0 radical (unpaired) electrons. The van der Waals surface area contributed by atoms with E-state index in [0.717, 1.165) is 10.6 Å². The molecule has 2 fully saturated rings. The lowest BCUT2D eigenvalue weighted by atomic mass is 9.47. The Labute approximate surface area is 229 Å². The molecule has 3 amide bonds. The van der Waals surface area contributed by atoms with E-state index in [1.807, 2.05) is 6.92 Å². The summed E-state index contributed by atoms with van der Waals surface area (Å²) in [6.07, 6.45) is 2.09. The van der Waals surface area contributed by atoms with Crippen LogP contribution in [0, 0.1) is 22.7 Å². The Balaban J connectivity index is 1.64. The number of aromatic nitrogens is 1. The fourth-order valence-electron chi connectivity index (χ4n) is 6.86. The number of rotatable bonds is 8. The van der Waals surface area contributed by atoms with Gasteiger partial charge in [0.25, 0.3) is 0 Å². The molecule has 11 heteroatoms. The highest BCUT2D eigenvalue weighted by Crippen LogP contribution is 2.62. The largest absolute Gasteiger partial charge is 0.396 e. The number of carbonyl (C=O) groups is 2. The highest BCUT2D eigenvalue weighted by Gasteiger charge is 2.59. The number of hydrogen-bond acceptors (Lipinski definition) is 8. The zero-order chi connectivity index (χ0) is 27.7. The molecule has 1 saturated carbocycles. The van der Waals surface area contributed by atoms with Crippen molar-refractivity contribution in [2.24, 2.45) is 22.7 Å². The summed E-state index contributed by atoms with van der Waals surface area (Å²) >= 11 is 1.42. The van der Waals surface area contributed by atoms with Crippen molar-refractivity contribution in [3.63, 3.8) is 0 Å². The average Bonchev–Trinajstić information content (AvgIpc) is 3.29. The van der Waals surface area contributed by atoms with Crippen molar-refractivity contribution in [3.8, 4) is 0 Å². The number of ether oxygens (including phenoxy) is 1. The fraction of sp³-hybridized carbons (Fsp3) is 0.815. The number of fused-ring (bicyclic) bond motifs is 2. The monoisotopic (exact) mass is 552 g/mol. The highest BCUT2D eigenvalue weighted by molar-refractivity contribution is 7.15. The van der Waals surface area contributed by atoms with E-state index in [4.69, 9.17) is 9.72 Å². The molecule has 38 heavy (non-hydrogen) atoms. The van der Waals surface area contributed by atoms with Crippen molar-refractivity contribution in [1.82, 2.24) is 15.2 Å². The third-order valence-electron chi connectivity index (χ3n) is 9.14. The van der Waals surface area contributed by atoms with E-state index in [1.54, 1.807) is 4.90 Å². The van der Waals surface area contributed by atoms with Crippen LogP contribution in [0.1, 0.15) is 69.9 Å². The average molecular weight is 553 g/mol. The number of amides is 3. The van der Waals surface area contributed by atoms with Crippen molar-refractivity contribution in [1.29, 1.82) is 0 Å². The molecular formula is C27H44N4O6S. The maximum Gasteiger partial charge on any atom is 0.323 e. The van der Waals surface area contributed by atoms with Crippen LogP contribution in [0.3, 0.4) is 0 Å². The standard InChI is InChI=1S/C27H44N4O6S/c1-16(2)11-17(14-32)28-22(35)12-18-23-19(13-20-26(18,3)6-5-21(34)27(20,4)15-33)38-24(29-23)30-25(36)31-7-9-37-10-8-31/h16-18,20-21,32-34H,5-15H2,1-4H3,(H,28,35)(H,29,30,36). The number of hydrogen-bond donors (Lipinski definition) is 5. The first-order chi connectivity index (χ1) is 18.0. The summed E-state index contributed by atoms with van der Waals surface area (Å²) in [5.41, 5.74) is -0.276.